The summed E-state index contributed by atoms with van der Waals surface area (Å²) >= 11 is 10.1. The van der Waals surface area contributed by atoms with E-state index in [0.29, 0.717) is 11.3 Å². The molecule has 0 fully saturated rings. The maximum atomic E-state index is 11.9. The fourth-order valence-electron chi connectivity index (χ4n) is 1.72. The molecule has 1 N–H and O–H groups in total. The van der Waals surface area contributed by atoms with Gasteiger partial charge in [-0.25, -0.2) is 5.43 Å². The van der Waals surface area contributed by atoms with E-state index < -0.39 is 0 Å². The van der Waals surface area contributed by atoms with Gasteiger partial charge >= 0.3 is 0 Å². The van der Waals surface area contributed by atoms with Gasteiger partial charge in [0.05, 0.1) is 17.8 Å². The standard InChI is InChI=1S/C15H11Br3N2O2/c1-22-14-10(6-12(17)7-13(14)18)8-19-20-15(21)9-2-4-11(16)5-3-9/h2-8H,1H3,(H,20,21)/b19-8+. The molecule has 2 aromatic carbocycles. The third-order valence-electron chi connectivity index (χ3n) is 2.72. The van der Waals surface area contributed by atoms with Crippen LogP contribution in [0.4, 0.5) is 0 Å². The van der Waals surface area contributed by atoms with Gasteiger partial charge in [-0.05, 0) is 52.3 Å². The van der Waals surface area contributed by atoms with Gasteiger partial charge in [-0.15, -0.1) is 0 Å². The monoisotopic (exact) mass is 488 g/mol. The number of nitrogens with zero attached hydrogens (tertiary/aromatic N) is 1. The van der Waals surface area contributed by atoms with Crippen LogP contribution in [0.25, 0.3) is 0 Å². The fourth-order valence-corrected chi connectivity index (χ4v) is 3.40. The third kappa shape index (κ3) is 4.41. The molecule has 114 valence electrons. The van der Waals surface area contributed by atoms with Crippen molar-refractivity contribution < 1.29 is 9.53 Å². The first kappa shape index (κ1) is 17.2. The van der Waals surface area contributed by atoms with E-state index in [1.54, 1.807) is 31.4 Å². The van der Waals surface area contributed by atoms with Crippen LogP contribution in [0.15, 0.2) is 54.9 Å². The van der Waals surface area contributed by atoms with Crippen molar-refractivity contribution in [2.24, 2.45) is 5.10 Å². The lowest BCUT2D eigenvalue weighted by atomic mass is 10.2. The van der Waals surface area contributed by atoms with Gasteiger partial charge in [0, 0.05) is 20.1 Å². The summed E-state index contributed by atoms with van der Waals surface area (Å²) in [7, 11) is 1.58. The minimum Gasteiger partial charge on any atom is -0.495 e. The topological polar surface area (TPSA) is 50.7 Å². The smallest absolute Gasteiger partial charge is 0.271 e. The van der Waals surface area contributed by atoms with Crippen molar-refractivity contribution in [3.8, 4) is 5.75 Å². The Morgan fingerprint density at radius 3 is 2.45 bits per heavy atom. The summed E-state index contributed by atoms with van der Waals surface area (Å²) < 4.78 is 7.89. The van der Waals surface area contributed by atoms with Crippen LogP contribution in [0.2, 0.25) is 0 Å². The van der Waals surface area contributed by atoms with Crippen molar-refractivity contribution in [2.75, 3.05) is 7.11 Å². The highest BCUT2D eigenvalue weighted by Crippen LogP contribution is 2.31. The van der Waals surface area contributed by atoms with Crippen molar-refractivity contribution in [1.29, 1.82) is 0 Å². The molecule has 4 nitrogen and oxygen atoms in total. The van der Waals surface area contributed by atoms with Crippen molar-refractivity contribution in [2.45, 2.75) is 0 Å². The van der Waals surface area contributed by atoms with Gasteiger partial charge < -0.3 is 4.74 Å². The van der Waals surface area contributed by atoms with E-state index in [2.05, 4.69) is 58.3 Å². The number of carbonyl (C=O) groups is 1. The van der Waals surface area contributed by atoms with E-state index in [1.807, 2.05) is 12.1 Å². The lowest BCUT2D eigenvalue weighted by molar-refractivity contribution is 0.0955. The number of rotatable bonds is 4. The van der Waals surface area contributed by atoms with E-state index in [1.165, 1.54) is 6.21 Å². The molecule has 0 saturated heterocycles. The molecule has 7 heteroatoms. The number of halogens is 3. The number of methoxy groups -OCH3 is 1. The molecule has 0 aliphatic heterocycles. The van der Waals surface area contributed by atoms with E-state index in [4.69, 9.17) is 4.74 Å². The predicted octanol–water partition coefficient (Wildman–Crippen LogP) is 4.75. The van der Waals surface area contributed by atoms with E-state index in [-0.39, 0.29) is 5.91 Å². The second-order valence-corrected chi connectivity index (χ2v) is 6.90. The Morgan fingerprint density at radius 2 is 1.82 bits per heavy atom. The van der Waals surface area contributed by atoms with Crippen molar-refractivity contribution >= 4 is 59.9 Å². The SMILES string of the molecule is COc1c(Br)cc(Br)cc1/C=N/NC(=O)c1ccc(Br)cc1. The van der Waals surface area contributed by atoms with Crippen LogP contribution in [-0.4, -0.2) is 19.2 Å². The Bertz CT molecular complexity index is 715. The van der Waals surface area contributed by atoms with Crippen molar-refractivity contribution in [1.82, 2.24) is 5.43 Å². The number of ether oxygens (including phenoxy) is 1. The molecule has 0 radical (unpaired) electrons. The van der Waals surface area contributed by atoms with E-state index in [0.717, 1.165) is 19.0 Å². The molecule has 1 amide bonds. The second kappa shape index (κ2) is 7.89. The molecule has 0 aliphatic rings. The normalized spacial score (nSPS) is 10.7. The van der Waals surface area contributed by atoms with Crippen LogP contribution in [0.3, 0.4) is 0 Å². The minimum atomic E-state index is -0.281. The average molecular weight is 491 g/mol. The van der Waals surface area contributed by atoms with Gasteiger partial charge in [-0.1, -0.05) is 31.9 Å². The van der Waals surface area contributed by atoms with Crippen LogP contribution in [-0.2, 0) is 0 Å². The number of carbonyl (C=O) groups excluding carboxylic acids is 1. The van der Waals surface area contributed by atoms with Crippen LogP contribution >= 0.6 is 47.8 Å². The molecule has 0 spiro atoms. The number of hydrogen-bond donors (Lipinski definition) is 1. The molecule has 22 heavy (non-hydrogen) atoms. The molecule has 0 heterocycles. The number of nitrogens with one attached hydrogen (secondary N) is 1. The van der Waals surface area contributed by atoms with Crippen LogP contribution in [0, 0.1) is 0 Å². The molecule has 0 unspecified atom stereocenters. The Morgan fingerprint density at radius 1 is 1.14 bits per heavy atom. The van der Waals surface area contributed by atoms with Gasteiger partial charge in [0.15, 0.2) is 0 Å². The van der Waals surface area contributed by atoms with E-state index >= 15 is 0 Å². The largest absolute Gasteiger partial charge is 0.495 e. The quantitative estimate of drug-likeness (QED) is 0.497. The maximum Gasteiger partial charge on any atom is 0.271 e. The summed E-state index contributed by atoms with van der Waals surface area (Å²) in [6, 6.07) is 10.7. The second-order valence-electron chi connectivity index (χ2n) is 4.22. The van der Waals surface area contributed by atoms with Gasteiger partial charge in [0.1, 0.15) is 5.75 Å². The molecule has 0 aliphatic carbocycles. The highest BCUT2D eigenvalue weighted by molar-refractivity contribution is 9.11. The summed E-state index contributed by atoms with van der Waals surface area (Å²) in [6.07, 6.45) is 1.53. The molecule has 0 bridgehead atoms. The highest BCUT2D eigenvalue weighted by Gasteiger charge is 2.08. The fraction of sp³-hybridized carbons (Fsp3) is 0.0667. The lowest BCUT2D eigenvalue weighted by Gasteiger charge is -2.07. The Balaban J connectivity index is 2.12. The van der Waals surface area contributed by atoms with Crippen molar-refractivity contribution in [3.63, 3.8) is 0 Å². The third-order valence-corrected chi connectivity index (χ3v) is 4.29. The summed E-state index contributed by atoms with van der Waals surface area (Å²) in [5.41, 5.74) is 3.75. The first-order chi connectivity index (χ1) is 10.5. The van der Waals surface area contributed by atoms with Crippen LogP contribution in [0.1, 0.15) is 15.9 Å². The Hall–Kier alpha value is -1.18. The summed E-state index contributed by atoms with van der Waals surface area (Å²) in [4.78, 5) is 11.9. The lowest BCUT2D eigenvalue weighted by Crippen LogP contribution is -2.17. The highest BCUT2D eigenvalue weighted by atomic mass is 79.9. The maximum absolute atomic E-state index is 11.9. The first-order valence-electron chi connectivity index (χ1n) is 6.13. The summed E-state index contributed by atoms with van der Waals surface area (Å²) in [6.45, 7) is 0. The number of benzene rings is 2. The van der Waals surface area contributed by atoms with Gasteiger partial charge in [-0.3, -0.25) is 4.79 Å². The van der Waals surface area contributed by atoms with Gasteiger partial charge in [0.2, 0.25) is 0 Å². The Labute approximate surface area is 153 Å². The predicted molar refractivity (Wildman–Crippen MR) is 97.6 cm³/mol. The molecule has 2 aromatic rings. The van der Waals surface area contributed by atoms with Crippen LogP contribution < -0.4 is 10.2 Å². The van der Waals surface area contributed by atoms with Gasteiger partial charge in [-0.2, -0.15) is 5.10 Å². The van der Waals surface area contributed by atoms with Crippen LogP contribution in [0.5, 0.6) is 5.75 Å². The molecule has 0 saturated carbocycles. The number of hydrogen-bond acceptors (Lipinski definition) is 3. The first-order valence-corrected chi connectivity index (χ1v) is 8.51. The average Bonchev–Trinajstić information content (AvgIpc) is 2.47. The zero-order valence-electron chi connectivity index (χ0n) is 11.4. The molecular weight excluding hydrogens is 480 g/mol. The molecular formula is C15H11Br3N2O2. The van der Waals surface area contributed by atoms with Crippen molar-refractivity contribution in [3.05, 3.63) is 60.9 Å². The molecule has 0 atom stereocenters. The minimum absolute atomic E-state index is 0.281. The molecule has 0 aromatic heterocycles. The summed E-state index contributed by atoms with van der Waals surface area (Å²) in [5, 5.41) is 3.97. The zero-order valence-corrected chi connectivity index (χ0v) is 16.2. The van der Waals surface area contributed by atoms with Gasteiger partial charge in [0.25, 0.3) is 5.91 Å². The summed E-state index contributed by atoms with van der Waals surface area (Å²) in [5.74, 6) is 0.363. The van der Waals surface area contributed by atoms with E-state index in [9.17, 15) is 4.79 Å². The number of amides is 1. The molecule has 2 rings (SSSR count). The number of hydrazone groups is 1. The Kier molecular flexibility index (Phi) is 6.16. The zero-order chi connectivity index (χ0) is 16.1.